The minimum atomic E-state index is -1.31. The summed E-state index contributed by atoms with van der Waals surface area (Å²) < 4.78 is 0. The minimum Gasteiger partial charge on any atom is -0.481 e. The molecule has 2 heterocycles. The van der Waals surface area contributed by atoms with E-state index in [-0.39, 0.29) is 30.9 Å². The number of carboxylic acids is 2. The van der Waals surface area contributed by atoms with Crippen molar-refractivity contribution in [2.24, 2.45) is 0 Å². The number of amides is 1. The highest BCUT2D eigenvalue weighted by Crippen LogP contribution is 2.26. The van der Waals surface area contributed by atoms with E-state index in [1.165, 1.54) is 23.9 Å². The Morgan fingerprint density at radius 3 is 2.38 bits per heavy atom. The molecular formula is C25H24N8O5S. The Kier molecular flexibility index (Phi) is 8.78. The van der Waals surface area contributed by atoms with E-state index in [9.17, 15) is 19.5 Å². The second-order valence-corrected chi connectivity index (χ2v) is 9.25. The molecule has 0 aliphatic heterocycles. The summed E-state index contributed by atoms with van der Waals surface area (Å²) in [6.07, 6.45) is -0.599. The van der Waals surface area contributed by atoms with Crippen LogP contribution in [0.1, 0.15) is 34.6 Å². The van der Waals surface area contributed by atoms with Crippen molar-refractivity contribution in [1.82, 2.24) is 30.5 Å². The zero-order chi connectivity index (χ0) is 27.8. The Bertz CT molecular complexity index is 1490. The van der Waals surface area contributed by atoms with Crippen molar-refractivity contribution in [3.63, 3.8) is 0 Å². The number of nitrogen functional groups attached to an aromatic ring is 1. The molecule has 14 heteroatoms. The number of aromatic nitrogens is 5. The first-order chi connectivity index (χ1) is 18.8. The van der Waals surface area contributed by atoms with Gasteiger partial charge in [-0.2, -0.15) is 4.98 Å². The first kappa shape index (κ1) is 27.2. The zero-order valence-corrected chi connectivity index (χ0v) is 21.3. The third kappa shape index (κ3) is 7.58. The number of carbonyl (C=O) groups excluding carboxylic acids is 1. The molecule has 0 spiro atoms. The number of nitrogens with one attached hydrogen (secondary N) is 2. The number of hydrogen-bond acceptors (Lipinski definition) is 11. The van der Waals surface area contributed by atoms with Crippen LogP contribution in [0.3, 0.4) is 0 Å². The predicted molar refractivity (Wildman–Crippen MR) is 143 cm³/mol. The van der Waals surface area contributed by atoms with Crippen molar-refractivity contribution in [3.8, 4) is 0 Å². The lowest BCUT2D eigenvalue weighted by atomic mass is 10.1. The highest BCUT2D eigenvalue weighted by Gasteiger charge is 2.21. The van der Waals surface area contributed by atoms with Crippen LogP contribution in [0.4, 0.5) is 11.6 Å². The van der Waals surface area contributed by atoms with Crippen LogP contribution in [0.15, 0.2) is 59.6 Å². The molecule has 0 radical (unpaired) electrons. The van der Waals surface area contributed by atoms with Crippen LogP contribution in [0.5, 0.6) is 0 Å². The molecule has 0 aliphatic rings. The minimum absolute atomic E-state index is 0.0840. The molecule has 6 N–H and O–H groups in total. The van der Waals surface area contributed by atoms with Gasteiger partial charge >= 0.3 is 11.9 Å². The topological polar surface area (TPSA) is 206 Å². The first-order valence-corrected chi connectivity index (χ1v) is 12.7. The quantitative estimate of drug-likeness (QED) is 0.127. The van der Waals surface area contributed by atoms with Crippen LogP contribution < -0.4 is 16.4 Å². The Morgan fingerprint density at radius 1 is 0.949 bits per heavy atom. The summed E-state index contributed by atoms with van der Waals surface area (Å²) >= 11 is 1.47. The largest absolute Gasteiger partial charge is 0.481 e. The van der Waals surface area contributed by atoms with Crippen molar-refractivity contribution in [2.45, 2.75) is 36.2 Å². The molecule has 0 saturated carbocycles. The molecule has 1 atom stereocenters. The summed E-state index contributed by atoms with van der Waals surface area (Å²) in [5.41, 5.74) is 8.62. The fourth-order valence-corrected chi connectivity index (χ4v) is 4.38. The van der Waals surface area contributed by atoms with Crippen molar-refractivity contribution < 1.29 is 24.6 Å². The van der Waals surface area contributed by atoms with Gasteiger partial charge in [-0.15, -0.1) is 10.2 Å². The van der Waals surface area contributed by atoms with Crippen LogP contribution in [0, 0.1) is 0 Å². The Morgan fingerprint density at radius 2 is 1.69 bits per heavy atom. The van der Waals surface area contributed by atoms with E-state index in [1.54, 1.807) is 12.1 Å². The van der Waals surface area contributed by atoms with Gasteiger partial charge < -0.3 is 26.6 Å². The van der Waals surface area contributed by atoms with Gasteiger partial charge in [0.05, 0.1) is 6.54 Å². The predicted octanol–water partition coefficient (Wildman–Crippen LogP) is 2.35. The van der Waals surface area contributed by atoms with Gasteiger partial charge in [-0.3, -0.25) is 9.59 Å². The summed E-state index contributed by atoms with van der Waals surface area (Å²) in [7, 11) is 0. The van der Waals surface area contributed by atoms with E-state index in [4.69, 9.17) is 10.8 Å². The number of thioether (sulfide) groups is 1. The van der Waals surface area contributed by atoms with Gasteiger partial charge in [0.25, 0.3) is 5.91 Å². The number of carbonyl (C=O) groups is 3. The molecule has 39 heavy (non-hydrogen) atoms. The third-order valence-electron chi connectivity index (χ3n) is 5.42. The van der Waals surface area contributed by atoms with Crippen LogP contribution in [-0.4, -0.2) is 59.2 Å². The average molecular weight is 549 g/mol. The summed E-state index contributed by atoms with van der Waals surface area (Å²) in [6.45, 7) is 0.220. The van der Waals surface area contributed by atoms with E-state index in [0.29, 0.717) is 33.5 Å². The Balaban J connectivity index is 1.40. The van der Waals surface area contributed by atoms with Gasteiger partial charge in [0.15, 0.2) is 5.82 Å². The van der Waals surface area contributed by atoms with Crippen molar-refractivity contribution >= 4 is 52.4 Å². The molecule has 4 aromatic rings. The Labute approximate surface area is 226 Å². The molecule has 200 valence electrons. The van der Waals surface area contributed by atoms with E-state index >= 15 is 0 Å². The maximum absolute atomic E-state index is 12.4. The molecule has 0 bridgehead atoms. The fraction of sp³-hybridized carbons (Fsp3) is 0.200. The average Bonchev–Trinajstić information content (AvgIpc) is 2.93. The van der Waals surface area contributed by atoms with Gasteiger partial charge in [-0.1, -0.05) is 42.1 Å². The highest BCUT2D eigenvalue weighted by atomic mass is 32.2. The lowest BCUT2D eigenvalue weighted by Gasteiger charge is -2.14. The number of nitrogens with two attached hydrogens (primary N) is 1. The molecule has 0 unspecified atom stereocenters. The molecule has 2 aromatic carbocycles. The van der Waals surface area contributed by atoms with Crippen molar-refractivity contribution in [3.05, 3.63) is 71.5 Å². The number of benzene rings is 2. The summed E-state index contributed by atoms with van der Waals surface area (Å²) in [4.78, 5) is 47.5. The van der Waals surface area contributed by atoms with E-state index < -0.39 is 23.9 Å². The number of rotatable bonds is 12. The van der Waals surface area contributed by atoms with Crippen LogP contribution in [0.25, 0.3) is 11.2 Å². The zero-order valence-electron chi connectivity index (χ0n) is 20.4. The molecule has 0 aliphatic carbocycles. The van der Waals surface area contributed by atoms with E-state index in [1.807, 2.05) is 30.3 Å². The maximum Gasteiger partial charge on any atom is 0.326 e. The molecule has 0 fully saturated rings. The van der Waals surface area contributed by atoms with Gasteiger partial charge in [0, 0.05) is 23.4 Å². The highest BCUT2D eigenvalue weighted by molar-refractivity contribution is 7.98. The smallest absolute Gasteiger partial charge is 0.326 e. The number of hydrogen-bond donors (Lipinski definition) is 5. The number of aliphatic carboxylic acids is 2. The lowest BCUT2D eigenvalue weighted by Crippen LogP contribution is -2.41. The summed E-state index contributed by atoms with van der Waals surface area (Å²) in [5.74, 6) is -1.93. The Hall–Kier alpha value is -4.85. The van der Waals surface area contributed by atoms with Crippen molar-refractivity contribution in [1.29, 1.82) is 0 Å². The summed E-state index contributed by atoms with van der Waals surface area (Å²) in [5, 5.41) is 32.3. The second-order valence-electron chi connectivity index (χ2n) is 8.29. The van der Waals surface area contributed by atoms with Crippen LogP contribution in [0.2, 0.25) is 0 Å². The van der Waals surface area contributed by atoms with Crippen LogP contribution >= 0.6 is 11.8 Å². The van der Waals surface area contributed by atoms with E-state index in [0.717, 1.165) is 5.56 Å². The molecule has 4 rings (SSSR count). The molecule has 2 aromatic heterocycles. The number of fused-ring (bicyclic) bond motifs is 1. The molecule has 0 saturated heterocycles. The normalized spacial score (nSPS) is 11.6. The number of nitrogens with zero attached hydrogens (tertiary/aromatic N) is 5. The molecular weight excluding hydrogens is 524 g/mol. The van der Waals surface area contributed by atoms with Crippen LogP contribution in [-0.2, 0) is 21.9 Å². The number of carboxylic acid groups (broad SMARTS) is 2. The molecule has 1 amide bonds. The SMILES string of the molecule is Nc1nc(SCc2ccccc2)c2nc(CNc3ccc(C(=O)N[C@@H](CCC(=O)O)C(=O)O)cc3)nnc2n1. The van der Waals surface area contributed by atoms with E-state index in [2.05, 4.69) is 35.8 Å². The second kappa shape index (κ2) is 12.6. The maximum atomic E-state index is 12.4. The van der Waals surface area contributed by atoms with Gasteiger partial charge in [0.2, 0.25) is 11.6 Å². The van der Waals surface area contributed by atoms with Gasteiger partial charge in [0.1, 0.15) is 16.6 Å². The third-order valence-corrected chi connectivity index (χ3v) is 6.45. The van der Waals surface area contributed by atoms with Crippen molar-refractivity contribution in [2.75, 3.05) is 11.1 Å². The van der Waals surface area contributed by atoms with Gasteiger partial charge in [-0.25, -0.2) is 14.8 Å². The fourth-order valence-electron chi connectivity index (χ4n) is 3.45. The number of anilines is 2. The standard InChI is InChI=1S/C25H24N8O5S/c26-25-30-21-20(23(31-25)39-13-14-4-2-1-3-5-14)29-18(32-33-21)12-27-16-8-6-15(7-9-16)22(36)28-17(24(37)38)10-11-19(34)35/h1-9,17,27H,10-13H2,(H,28,36)(H,34,35)(H,37,38)(H2,26,30,31,33)/t17-/m0/s1. The lowest BCUT2D eigenvalue weighted by molar-refractivity contribution is -0.140. The first-order valence-electron chi connectivity index (χ1n) is 11.7. The summed E-state index contributed by atoms with van der Waals surface area (Å²) in [6, 6.07) is 14.9. The molecule has 13 nitrogen and oxygen atoms in total. The monoisotopic (exact) mass is 548 g/mol. The van der Waals surface area contributed by atoms with Gasteiger partial charge in [-0.05, 0) is 36.2 Å².